The molecule has 1 fully saturated rings. The van der Waals surface area contributed by atoms with Crippen molar-refractivity contribution in [2.75, 3.05) is 13.1 Å². The molecule has 1 aliphatic heterocycles. The molecule has 1 N–H and O–H groups in total. The average Bonchev–Trinajstić information content (AvgIpc) is 2.26. The Hall–Kier alpha value is -0.820. The summed E-state index contributed by atoms with van der Waals surface area (Å²) in [6, 6.07) is -0.233. The van der Waals surface area contributed by atoms with Gasteiger partial charge in [0.2, 0.25) is 10.0 Å². The van der Waals surface area contributed by atoms with E-state index in [2.05, 4.69) is 4.72 Å². The highest BCUT2D eigenvalue weighted by Gasteiger charge is 2.30. The van der Waals surface area contributed by atoms with E-state index in [0.29, 0.717) is 13.1 Å². The normalized spacial score (nSPS) is 21.1. The molecule has 0 bridgehead atoms. The van der Waals surface area contributed by atoms with E-state index in [9.17, 15) is 13.2 Å². The van der Waals surface area contributed by atoms with Gasteiger partial charge >= 0.3 is 6.09 Å². The molecule has 0 aromatic carbocycles. The van der Waals surface area contributed by atoms with Gasteiger partial charge in [-0.1, -0.05) is 0 Å². The molecule has 1 atom stereocenters. The van der Waals surface area contributed by atoms with Crippen LogP contribution < -0.4 is 4.72 Å². The third-order valence-corrected chi connectivity index (χ3v) is 4.93. The smallest absolute Gasteiger partial charge is 0.410 e. The van der Waals surface area contributed by atoms with E-state index >= 15 is 0 Å². The lowest BCUT2D eigenvalue weighted by Crippen LogP contribution is -2.51. The first kappa shape index (κ1) is 17.2. The van der Waals surface area contributed by atoms with E-state index in [1.165, 1.54) is 0 Å². The molecule has 20 heavy (non-hydrogen) atoms. The zero-order valence-electron chi connectivity index (χ0n) is 13.0. The number of nitrogens with one attached hydrogen (secondary N) is 1. The molecule has 0 aromatic rings. The molecular weight excluding hydrogens is 280 g/mol. The average molecular weight is 306 g/mol. The third-order valence-electron chi connectivity index (χ3n) is 3.02. The van der Waals surface area contributed by atoms with Crippen molar-refractivity contribution >= 4 is 16.1 Å². The summed E-state index contributed by atoms with van der Waals surface area (Å²) in [5, 5.41) is -0.473. The number of hydrogen-bond acceptors (Lipinski definition) is 4. The Kier molecular flexibility index (Phi) is 5.43. The van der Waals surface area contributed by atoms with Crippen LogP contribution in [0.3, 0.4) is 0 Å². The first-order chi connectivity index (χ1) is 9.01. The predicted molar refractivity (Wildman–Crippen MR) is 78.0 cm³/mol. The third kappa shape index (κ3) is 5.28. The first-order valence-electron chi connectivity index (χ1n) is 7.00. The number of carbonyl (C=O) groups is 1. The van der Waals surface area contributed by atoms with Gasteiger partial charge in [0.25, 0.3) is 0 Å². The molecule has 0 unspecified atom stereocenters. The van der Waals surface area contributed by atoms with Gasteiger partial charge in [0.05, 0.1) is 5.25 Å². The zero-order valence-corrected chi connectivity index (χ0v) is 13.8. The number of likely N-dealkylation sites (tertiary alicyclic amines) is 1. The summed E-state index contributed by atoms with van der Waals surface area (Å²) in [5.41, 5.74) is -0.540. The molecule has 1 heterocycles. The van der Waals surface area contributed by atoms with E-state index < -0.39 is 20.9 Å². The summed E-state index contributed by atoms with van der Waals surface area (Å²) in [6.07, 6.45) is 1.13. The summed E-state index contributed by atoms with van der Waals surface area (Å²) in [5.74, 6) is 0. The van der Waals surface area contributed by atoms with E-state index in [1.54, 1.807) is 18.7 Å². The summed E-state index contributed by atoms with van der Waals surface area (Å²) in [4.78, 5) is 13.6. The molecule has 1 rings (SSSR count). The fraction of sp³-hybridized carbons (Fsp3) is 0.923. The highest BCUT2D eigenvalue weighted by atomic mass is 32.2. The fourth-order valence-corrected chi connectivity index (χ4v) is 2.86. The Morgan fingerprint density at radius 2 is 1.95 bits per heavy atom. The zero-order chi connectivity index (χ0) is 15.6. The van der Waals surface area contributed by atoms with Crippen molar-refractivity contribution in [3.8, 4) is 0 Å². The Labute approximate surface area is 121 Å². The lowest BCUT2D eigenvalue weighted by atomic mass is 10.1. The van der Waals surface area contributed by atoms with Crippen LogP contribution in [0.15, 0.2) is 0 Å². The van der Waals surface area contributed by atoms with Crippen molar-refractivity contribution in [1.82, 2.24) is 9.62 Å². The Morgan fingerprint density at radius 3 is 2.45 bits per heavy atom. The summed E-state index contributed by atoms with van der Waals surface area (Å²) in [6.45, 7) is 9.68. The summed E-state index contributed by atoms with van der Waals surface area (Å²) < 4.78 is 31.7. The highest BCUT2D eigenvalue weighted by molar-refractivity contribution is 7.90. The van der Waals surface area contributed by atoms with Crippen LogP contribution in [-0.4, -0.2) is 49.4 Å². The van der Waals surface area contributed by atoms with Crippen molar-refractivity contribution in [3.05, 3.63) is 0 Å². The van der Waals surface area contributed by atoms with Gasteiger partial charge in [0.1, 0.15) is 5.60 Å². The number of rotatable bonds is 3. The second-order valence-electron chi connectivity index (χ2n) is 6.48. The van der Waals surface area contributed by atoms with Crippen LogP contribution in [0.25, 0.3) is 0 Å². The minimum atomic E-state index is -3.31. The van der Waals surface area contributed by atoms with Gasteiger partial charge in [0, 0.05) is 19.1 Å². The molecule has 0 radical (unpaired) electrons. The van der Waals surface area contributed by atoms with Crippen molar-refractivity contribution in [1.29, 1.82) is 0 Å². The topological polar surface area (TPSA) is 75.7 Å². The molecule has 1 saturated heterocycles. The fourth-order valence-electron chi connectivity index (χ4n) is 1.93. The van der Waals surface area contributed by atoms with Crippen LogP contribution in [0.2, 0.25) is 0 Å². The monoisotopic (exact) mass is 306 g/mol. The van der Waals surface area contributed by atoms with E-state index in [0.717, 1.165) is 12.8 Å². The number of ether oxygens (including phenoxy) is 1. The van der Waals surface area contributed by atoms with Gasteiger partial charge < -0.3 is 9.64 Å². The maximum atomic E-state index is 12.0. The lowest BCUT2D eigenvalue weighted by molar-refractivity contribution is 0.0195. The number of carbonyl (C=O) groups excluding carboxylic acids is 1. The maximum absolute atomic E-state index is 12.0. The molecule has 1 aliphatic rings. The Morgan fingerprint density at radius 1 is 1.35 bits per heavy atom. The number of nitrogens with zero attached hydrogens (tertiary/aromatic N) is 1. The van der Waals surface area contributed by atoms with Gasteiger partial charge in [-0.3, -0.25) is 0 Å². The largest absolute Gasteiger partial charge is 0.444 e. The standard InChI is InChI=1S/C13H26N2O4S/c1-10(2)20(17,18)14-11-7-6-8-15(9-11)12(16)19-13(3,4)5/h10-11,14H,6-9H2,1-5H3/t11-/m1/s1. The van der Waals surface area contributed by atoms with Crippen LogP contribution >= 0.6 is 0 Å². The van der Waals surface area contributed by atoms with E-state index in [-0.39, 0.29) is 12.1 Å². The van der Waals surface area contributed by atoms with Crippen molar-refractivity contribution in [2.24, 2.45) is 0 Å². The maximum Gasteiger partial charge on any atom is 0.410 e. The summed E-state index contributed by atoms with van der Waals surface area (Å²) >= 11 is 0. The summed E-state index contributed by atoms with van der Waals surface area (Å²) in [7, 11) is -3.31. The van der Waals surface area contributed by atoms with Crippen LogP contribution in [0, 0.1) is 0 Å². The number of hydrogen-bond donors (Lipinski definition) is 1. The minimum absolute atomic E-state index is 0.233. The molecule has 0 aliphatic carbocycles. The number of sulfonamides is 1. The predicted octanol–water partition coefficient (Wildman–Crippen LogP) is 1.71. The van der Waals surface area contributed by atoms with E-state index in [1.807, 2.05) is 20.8 Å². The molecule has 118 valence electrons. The van der Waals surface area contributed by atoms with Gasteiger partial charge in [-0.05, 0) is 47.5 Å². The van der Waals surface area contributed by atoms with Crippen LogP contribution in [0.5, 0.6) is 0 Å². The van der Waals surface area contributed by atoms with Crippen molar-refractivity contribution < 1.29 is 17.9 Å². The van der Waals surface area contributed by atoms with Crippen LogP contribution in [0.1, 0.15) is 47.5 Å². The van der Waals surface area contributed by atoms with Crippen LogP contribution in [0.4, 0.5) is 4.79 Å². The van der Waals surface area contributed by atoms with Gasteiger partial charge in [-0.25, -0.2) is 17.9 Å². The Bertz CT molecular complexity index is 440. The number of piperidine rings is 1. The van der Waals surface area contributed by atoms with Gasteiger partial charge in [-0.2, -0.15) is 0 Å². The first-order valence-corrected chi connectivity index (χ1v) is 8.55. The Balaban J connectivity index is 2.61. The van der Waals surface area contributed by atoms with Crippen molar-refractivity contribution in [2.45, 2.75) is 64.4 Å². The van der Waals surface area contributed by atoms with Crippen LogP contribution in [-0.2, 0) is 14.8 Å². The quantitative estimate of drug-likeness (QED) is 0.861. The SMILES string of the molecule is CC(C)S(=O)(=O)N[C@@H]1CCCN(C(=O)OC(C)(C)C)C1. The van der Waals surface area contributed by atoms with Crippen molar-refractivity contribution in [3.63, 3.8) is 0 Å². The second-order valence-corrected chi connectivity index (χ2v) is 8.75. The molecule has 7 heteroatoms. The highest BCUT2D eigenvalue weighted by Crippen LogP contribution is 2.16. The molecule has 0 aromatic heterocycles. The molecular formula is C13H26N2O4S. The molecule has 0 saturated carbocycles. The molecule has 6 nitrogen and oxygen atoms in total. The number of amides is 1. The van der Waals surface area contributed by atoms with Gasteiger partial charge in [0.15, 0.2) is 0 Å². The minimum Gasteiger partial charge on any atom is -0.444 e. The second kappa shape index (κ2) is 6.30. The molecule has 1 amide bonds. The van der Waals surface area contributed by atoms with E-state index in [4.69, 9.17) is 4.74 Å². The molecule has 0 spiro atoms. The lowest BCUT2D eigenvalue weighted by Gasteiger charge is -2.34. The van der Waals surface area contributed by atoms with Gasteiger partial charge in [-0.15, -0.1) is 0 Å².